The van der Waals surface area contributed by atoms with Gasteiger partial charge in [-0.15, -0.1) is 0 Å². The second-order valence-corrected chi connectivity index (χ2v) is 8.79. The molecule has 2 aromatic rings. The van der Waals surface area contributed by atoms with E-state index in [4.69, 9.17) is 0 Å². The first-order valence-electron chi connectivity index (χ1n) is 7.44. The lowest BCUT2D eigenvalue weighted by Crippen LogP contribution is -2.11. The molecule has 0 saturated carbocycles. The van der Waals surface area contributed by atoms with Gasteiger partial charge >= 0.3 is 0 Å². The molecule has 1 aromatic carbocycles. The lowest BCUT2D eigenvalue weighted by atomic mass is 9.86. The Morgan fingerprint density at radius 3 is 2.30 bits per heavy atom. The zero-order chi connectivity index (χ0) is 17.1. The van der Waals surface area contributed by atoms with Crippen molar-refractivity contribution in [3.8, 4) is 0 Å². The van der Waals surface area contributed by atoms with Crippen LogP contribution in [0.25, 0.3) is 0 Å². The fraction of sp³-hybridized carbons (Fsp3) is 0.333. The van der Waals surface area contributed by atoms with Gasteiger partial charge in [-0.2, -0.15) is 4.36 Å². The van der Waals surface area contributed by atoms with Gasteiger partial charge in [-0.1, -0.05) is 51.1 Å². The monoisotopic (exact) mass is 330 g/mol. The lowest BCUT2D eigenvalue weighted by molar-refractivity contribution is -0.117. The Balaban J connectivity index is 2.16. The van der Waals surface area contributed by atoms with Crippen molar-refractivity contribution in [1.82, 2.24) is 4.98 Å². The van der Waals surface area contributed by atoms with Crippen LogP contribution in [-0.2, 0) is 26.4 Å². The number of carbonyl (C=O) groups excluding carboxylic acids is 1. The van der Waals surface area contributed by atoms with E-state index in [-0.39, 0.29) is 11.8 Å². The van der Waals surface area contributed by atoms with Crippen molar-refractivity contribution in [3.05, 3.63) is 59.8 Å². The summed E-state index contributed by atoms with van der Waals surface area (Å²) in [7, 11) is -2.80. The lowest BCUT2D eigenvalue weighted by Gasteiger charge is -2.18. The Labute approximate surface area is 138 Å². The zero-order valence-electron chi connectivity index (χ0n) is 13.9. The molecule has 1 heterocycles. The molecule has 2 rings (SSSR count). The SMILES string of the molecule is CC(C)(C)c1ccc(CC(=O)N=S(C)(=O)c2ccccn2)cc1. The number of pyridine rings is 1. The molecule has 0 aliphatic heterocycles. The van der Waals surface area contributed by atoms with E-state index in [0.717, 1.165) is 5.56 Å². The van der Waals surface area contributed by atoms with E-state index in [9.17, 15) is 9.00 Å². The van der Waals surface area contributed by atoms with E-state index in [1.54, 1.807) is 24.4 Å². The predicted octanol–water partition coefficient (Wildman–Crippen LogP) is 3.61. The number of hydrogen-bond donors (Lipinski definition) is 0. The van der Waals surface area contributed by atoms with Gasteiger partial charge in [-0.25, -0.2) is 9.19 Å². The Hall–Kier alpha value is -2.01. The molecule has 1 aromatic heterocycles. The van der Waals surface area contributed by atoms with Crippen LogP contribution in [0.15, 0.2) is 58.1 Å². The predicted molar refractivity (Wildman–Crippen MR) is 92.9 cm³/mol. The first kappa shape index (κ1) is 17.3. The van der Waals surface area contributed by atoms with E-state index >= 15 is 0 Å². The molecule has 0 radical (unpaired) electrons. The zero-order valence-corrected chi connectivity index (χ0v) is 14.8. The van der Waals surface area contributed by atoms with Gasteiger partial charge in [0.1, 0.15) is 5.03 Å². The molecule has 23 heavy (non-hydrogen) atoms. The Morgan fingerprint density at radius 2 is 1.78 bits per heavy atom. The van der Waals surface area contributed by atoms with Crippen molar-refractivity contribution in [3.63, 3.8) is 0 Å². The molecule has 5 heteroatoms. The summed E-state index contributed by atoms with van der Waals surface area (Å²) >= 11 is 0. The quantitative estimate of drug-likeness (QED) is 0.864. The van der Waals surface area contributed by atoms with Crippen LogP contribution in [0.2, 0.25) is 0 Å². The van der Waals surface area contributed by atoms with Crippen LogP contribution in [0.5, 0.6) is 0 Å². The van der Waals surface area contributed by atoms with Crippen molar-refractivity contribution >= 4 is 15.6 Å². The second kappa shape index (κ2) is 6.62. The van der Waals surface area contributed by atoms with Gasteiger partial charge in [0.25, 0.3) is 5.91 Å². The van der Waals surface area contributed by atoms with Crippen LogP contribution in [0.4, 0.5) is 0 Å². The molecular weight excluding hydrogens is 308 g/mol. The van der Waals surface area contributed by atoms with Crippen LogP contribution in [-0.4, -0.2) is 21.4 Å². The molecule has 122 valence electrons. The fourth-order valence-corrected chi connectivity index (χ4v) is 3.28. The minimum atomic E-state index is -2.80. The first-order chi connectivity index (χ1) is 10.7. The summed E-state index contributed by atoms with van der Waals surface area (Å²) in [6.07, 6.45) is 3.13. The molecule has 0 spiro atoms. The fourth-order valence-electron chi connectivity index (χ4n) is 2.14. The summed E-state index contributed by atoms with van der Waals surface area (Å²) in [5.41, 5.74) is 2.14. The van der Waals surface area contributed by atoms with E-state index in [1.807, 2.05) is 24.3 Å². The maximum Gasteiger partial charge on any atom is 0.258 e. The standard InChI is InChI=1S/C18H22N2O2S/c1-18(2,3)15-10-8-14(9-11-15)13-16(21)20-23(4,22)17-7-5-6-12-19-17/h5-12H,13H2,1-4H3. The summed E-state index contributed by atoms with van der Waals surface area (Å²) < 4.78 is 16.4. The molecule has 1 amide bonds. The maximum atomic E-state index is 12.5. The van der Waals surface area contributed by atoms with Crippen LogP contribution in [0.3, 0.4) is 0 Å². The van der Waals surface area contributed by atoms with E-state index < -0.39 is 15.6 Å². The minimum absolute atomic E-state index is 0.0730. The van der Waals surface area contributed by atoms with E-state index in [0.29, 0.717) is 5.03 Å². The van der Waals surface area contributed by atoms with Crippen LogP contribution >= 0.6 is 0 Å². The summed E-state index contributed by atoms with van der Waals surface area (Å²) in [6, 6.07) is 13.0. The highest BCUT2D eigenvalue weighted by Crippen LogP contribution is 2.22. The average Bonchev–Trinajstić information content (AvgIpc) is 2.47. The minimum Gasteiger partial charge on any atom is -0.272 e. The van der Waals surface area contributed by atoms with Crippen molar-refractivity contribution < 1.29 is 9.00 Å². The van der Waals surface area contributed by atoms with Gasteiger partial charge in [-0.3, -0.25) is 4.79 Å². The average molecular weight is 330 g/mol. The third-order valence-corrected chi connectivity index (χ3v) is 5.05. The summed E-state index contributed by atoms with van der Waals surface area (Å²) in [5.74, 6) is -0.397. The van der Waals surface area contributed by atoms with E-state index in [1.165, 1.54) is 11.8 Å². The number of aromatic nitrogens is 1. The van der Waals surface area contributed by atoms with E-state index in [2.05, 4.69) is 30.1 Å². The smallest absolute Gasteiger partial charge is 0.258 e. The number of hydrogen-bond acceptors (Lipinski definition) is 3. The summed E-state index contributed by atoms with van der Waals surface area (Å²) in [6.45, 7) is 6.42. The van der Waals surface area contributed by atoms with Crippen LogP contribution in [0, 0.1) is 0 Å². The van der Waals surface area contributed by atoms with Gasteiger partial charge in [0.15, 0.2) is 0 Å². The number of benzene rings is 1. The van der Waals surface area contributed by atoms with Gasteiger partial charge in [-0.05, 0) is 28.7 Å². The van der Waals surface area contributed by atoms with Crippen molar-refractivity contribution in [2.75, 3.05) is 6.26 Å². The third kappa shape index (κ3) is 4.73. The largest absolute Gasteiger partial charge is 0.272 e. The molecule has 0 N–H and O–H groups in total. The van der Waals surface area contributed by atoms with Crippen LogP contribution < -0.4 is 0 Å². The first-order valence-corrected chi connectivity index (χ1v) is 9.36. The number of rotatable bonds is 3. The normalized spacial score (nSPS) is 14.1. The Morgan fingerprint density at radius 1 is 1.13 bits per heavy atom. The molecule has 0 fully saturated rings. The molecule has 0 saturated heterocycles. The highest BCUT2D eigenvalue weighted by atomic mass is 32.2. The number of carbonyl (C=O) groups is 1. The Bertz CT molecular complexity index is 797. The molecule has 0 aliphatic rings. The molecule has 1 atom stereocenters. The second-order valence-electron chi connectivity index (χ2n) is 6.58. The van der Waals surface area contributed by atoms with Crippen LogP contribution in [0.1, 0.15) is 31.9 Å². The maximum absolute atomic E-state index is 12.5. The van der Waals surface area contributed by atoms with Gasteiger partial charge in [0, 0.05) is 12.5 Å². The van der Waals surface area contributed by atoms with Crippen molar-refractivity contribution in [2.24, 2.45) is 4.36 Å². The van der Waals surface area contributed by atoms with Crippen molar-refractivity contribution in [1.29, 1.82) is 0 Å². The summed E-state index contributed by atoms with van der Waals surface area (Å²) in [4.78, 5) is 16.1. The van der Waals surface area contributed by atoms with Gasteiger partial charge in [0.2, 0.25) is 0 Å². The molecule has 0 bridgehead atoms. The van der Waals surface area contributed by atoms with Gasteiger partial charge < -0.3 is 0 Å². The molecular formula is C18H22N2O2S. The molecule has 1 unspecified atom stereocenters. The number of nitrogens with zero attached hydrogens (tertiary/aromatic N) is 2. The highest BCUT2D eigenvalue weighted by molar-refractivity contribution is 7.93. The third-order valence-electron chi connectivity index (χ3n) is 3.48. The molecule has 0 aliphatic carbocycles. The number of amides is 1. The molecule has 4 nitrogen and oxygen atoms in total. The highest BCUT2D eigenvalue weighted by Gasteiger charge is 2.14. The van der Waals surface area contributed by atoms with Crippen molar-refractivity contribution in [2.45, 2.75) is 37.6 Å². The Kier molecular flexibility index (Phi) is 5.00. The topological polar surface area (TPSA) is 59.4 Å². The summed E-state index contributed by atoms with van der Waals surface area (Å²) in [5, 5.41) is 0.330. The van der Waals surface area contributed by atoms with Gasteiger partial charge in [0.05, 0.1) is 16.1 Å².